The van der Waals surface area contributed by atoms with Gasteiger partial charge in [-0.1, -0.05) is 0 Å². The summed E-state index contributed by atoms with van der Waals surface area (Å²) in [6.07, 6.45) is 0.994. The van der Waals surface area contributed by atoms with Crippen molar-refractivity contribution in [2.45, 2.75) is 12.2 Å². The average molecular weight is 172 g/mol. The third-order valence-corrected chi connectivity index (χ3v) is 2.03. The van der Waals surface area contributed by atoms with Crippen LogP contribution < -0.4 is 10.6 Å². The van der Waals surface area contributed by atoms with E-state index in [-0.39, 0.29) is 0 Å². The number of hydrogen-bond donors (Lipinski definition) is 2. The van der Waals surface area contributed by atoms with Crippen molar-refractivity contribution in [1.82, 2.24) is 10.6 Å². The lowest BCUT2D eigenvalue weighted by molar-refractivity contribution is 0.388. The minimum Gasteiger partial charge on any atom is -0.372 e. The van der Waals surface area contributed by atoms with Crippen LogP contribution in [0.15, 0.2) is 0 Å². The van der Waals surface area contributed by atoms with Gasteiger partial charge in [-0.3, -0.25) is 0 Å². The number of ether oxygens (including phenoxy) is 2. The highest BCUT2D eigenvalue weighted by Gasteiger charge is 2.22. The van der Waals surface area contributed by atoms with Gasteiger partial charge >= 0.3 is 0 Å². The van der Waals surface area contributed by atoms with E-state index in [9.17, 15) is 0 Å². The first-order valence-electron chi connectivity index (χ1n) is 4.60. The van der Waals surface area contributed by atoms with E-state index in [1.165, 1.54) is 0 Å². The third-order valence-electron chi connectivity index (χ3n) is 2.03. The molecule has 0 saturated carbocycles. The smallest absolute Gasteiger partial charge is 0.0933 e. The summed E-state index contributed by atoms with van der Waals surface area (Å²) in [7, 11) is 0. The third kappa shape index (κ3) is 3.49. The van der Waals surface area contributed by atoms with E-state index in [2.05, 4.69) is 10.6 Å². The SMILES string of the molecule is C(CNCC1CO1)NCC1CO1. The molecule has 2 unspecified atom stereocenters. The Kier molecular flexibility index (Phi) is 2.94. The molecule has 2 N–H and O–H groups in total. The second-order valence-corrected chi connectivity index (χ2v) is 3.32. The molecule has 4 heteroatoms. The van der Waals surface area contributed by atoms with E-state index in [0.29, 0.717) is 12.2 Å². The summed E-state index contributed by atoms with van der Waals surface area (Å²) in [4.78, 5) is 0. The van der Waals surface area contributed by atoms with Gasteiger partial charge in [-0.05, 0) is 0 Å². The number of nitrogens with one attached hydrogen (secondary N) is 2. The maximum atomic E-state index is 5.06. The average Bonchev–Trinajstić information content (AvgIpc) is 2.89. The molecular formula is C8H16N2O2. The monoisotopic (exact) mass is 172 g/mol. The van der Waals surface area contributed by atoms with Crippen LogP contribution in [-0.2, 0) is 9.47 Å². The lowest BCUT2D eigenvalue weighted by atomic mass is 10.4. The Morgan fingerprint density at radius 3 is 1.67 bits per heavy atom. The summed E-state index contributed by atoms with van der Waals surface area (Å²) < 4.78 is 10.1. The van der Waals surface area contributed by atoms with Gasteiger partial charge in [0, 0.05) is 26.2 Å². The van der Waals surface area contributed by atoms with E-state index in [1.54, 1.807) is 0 Å². The van der Waals surface area contributed by atoms with E-state index in [4.69, 9.17) is 9.47 Å². The summed E-state index contributed by atoms with van der Waals surface area (Å²) in [5.74, 6) is 0. The van der Waals surface area contributed by atoms with E-state index < -0.39 is 0 Å². The van der Waals surface area contributed by atoms with Crippen molar-refractivity contribution in [3.05, 3.63) is 0 Å². The molecule has 0 radical (unpaired) electrons. The molecule has 2 aliphatic rings. The zero-order chi connectivity index (χ0) is 8.23. The first-order chi connectivity index (χ1) is 5.95. The van der Waals surface area contributed by atoms with Crippen LogP contribution in [0, 0.1) is 0 Å². The zero-order valence-electron chi connectivity index (χ0n) is 7.21. The van der Waals surface area contributed by atoms with E-state index >= 15 is 0 Å². The lowest BCUT2D eigenvalue weighted by Gasteiger charge is -2.03. The summed E-state index contributed by atoms with van der Waals surface area (Å²) >= 11 is 0. The van der Waals surface area contributed by atoms with Gasteiger partial charge in [0.2, 0.25) is 0 Å². The Bertz CT molecular complexity index is 119. The topological polar surface area (TPSA) is 49.1 Å². The maximum absolute atomic E-state index is 5.06. The standard InChI is InChI=1S/C8H16N2O2/c1(9-3-7-5-11-7)2-10-4-8-6-12-8/h7-10H,1-6H2. The van der Waals surface area contributed by atoms with Gasteiger partial charge in [-0.25, -0.2) is 0 Å². The van der Waals surface area contributed by atoms with Crippen LogP contribution in [0.3, 0.4) is 0 Å². The molecule has 0 aliphatic carbocycles. The van der Waals surface area contributed by atoms with Crippen molar-refractivity contribution in [2.24, 2.45) is 0 Å². The van der Waals surface area contributed by atoms with Gasteiger partial charge in [0.15, 0.2) is 0 Å². The lowest BCUT2D eigenvalue weighted by Crippen LogP contribution is -2.31. The molecule has 0 aromatic carbocycles. The number of epoxide rings is 2. The highest BCUT2D eigenvalue weighted by molar-refractivity contribution is 4.73. The van der Waals surface area contributed by atoms with Crippen LogP contribution in [-0.4, -0.2) is 51.6 Å². The largest absolute Gasteiger partial charge is 0.372 e. The van der Waals surface area contributed by atoms with E-state index in [0.717, 1.165) is 39.4 Å². The molecule has 0 aromatic rings. The van der Waals surface area contributed by atoms with Crippen molar-refractivity contribution in [3.63, 3.8) is 0 Å². The number of hydrogen-bond acceptors (Lipinski definition) is 4. The normalized spacial score (nSPS) is 32.0. The molecule has 2 atom stereocenters. The quantitative estimate of drug-likeness (QED) is 0.380. The molecule has 0 bridgehead atoms. The molecular weight excluding hydrogens is 156 g/mol. The van der Waals surface area contributed by atoms with Gasteiger partial charge < -0.3 is 20.1 Å². The van der Waals surface area contributed by atoms with Gasteiger partial charge in [0.25, 0.3) is 0 Å². The molecule has 2 saturated heterocycles. The molecule has 0 aromatic heterocycles. The van der Waals surface area contributed by atoms with Gasteiger partial charge in [-0.2, -0.15) is 0 Å². The van der Waals surface area contributed by atoms with Crippen LogP contribution in [0.25, 0.3) is 0 Å². The van der Waals surface area contributed by atoms with E-state index in [1.807, 2.05) is 0 Å². The Labute approximate surface area is 72.6 Å². The van der Waals surface area contributed by atoms with Gasteiger partial charge in [0.1, 0.15) is 0 Å². The highest BCUT2D eigenvalue weighted by Crippen LogP contribution is 2.06. The second-order valence-electron chi connectivity index (χ2n) is 3.32. The molecule has 4 nitrogen and oxygen atoms in total. The van der Waals surface area contributed by atoms with Gasteiger partial charge in [-0.15, -0.1) is 0 Å². The Morgan fingerprint density at radius 1 is 0.917 bits per heavy atom. The minimum atomic E-state index is 0.497. The number of rotatable bonds is 7. The maximum Gasteiger partial charge on any atom is 0.0933 e. The van der Waals surface area contributed by atoms with Crippen molar-refractivity contribution >= 4 is 0 Å². The molecule has 2 aliphatic heterocycles. The van der Waals surface area contributed by atoms with Crippen molar-refractivity contribution in [3.8, 4) is 0 Å². The minimum absolute atomic E-state index is 0.497. The molecule has 12 heavy (non-hydrogen) atoms. The predicted molar refractivity (Wildman–Crippen MR) is 45.2 cm³/mol. The Morgan fingerprint density at radius 2 is 1.33 bits per heavy atom. The zero-order valence-corrected chi connectivity index (χ0v) is 7.21. The first kappa shape index (κ1) is 8.44. The summed E-state index contributed by atoms with van der Waals surface area (Å²) in [6.45, 7) is 5.93. The van der Waals surface area contributed by atoms with Crippen LogP contribution in [0.4, 0.5) is 0 Å². The van der Waals surface area contributed by atoms with Crippen LogP contribution in [0.1, 0.15) is 0 Å². The fraction of sp³-hybridized carbons (Fsp3) is 1.00. The Hall–Kier alpha value is -0.160. The predicted octanol–water partition coefficient (Wildman–Crippen LogP) is -1.04. The molecule has 70 valence electrons. The fourth-order valence-electron chi connectivity index (χ4n) is 1.07. The summed E-state index contributed by atoms with van der Waals surface area (Å²) in [5, 5.41) is 6.63. The van der Waals surface area contributed by atoms with Crippen molar-refractivity contribution in [2.75, 3.05) is 39.4 Å². The Balaban J connectivity index is 1.31. The summed E-state index contributed by atoms with van der Waals surface area (Å²) in [6, 6.07) is 0. The van der Waals surface area contributed by atoms with Crippen LogP contribution in [0.2, 0.25) is 0 Å². The first-order valence-corrected chi connectivity index (χ1v) is 4.60. The molecule has 2 fully saturated rings. The van der Waals surface area contributed by atoms with Crippen LogP contribution in [0.5, 0.6) is 0 Å². The van der Waals surface area contributed by atoms with Crippen molar-refractivity contribution in [1.29, 1.82) is 0 Å². The fourth-order valence-corrected chi connectivity index (χ4v) is 1.07. The molecule has 2 heterocycles. The van der Waals surface area contributed by atoms with Gasteiger partial charge in [0.05, 0.1) is 25.4 Å². The summed E-state index contributed by atoms with van der Waals surface area (Å²) in [5.41, 5.74) is 0. The molecule has 2 rings (SSSR count). The molecule has 0 spiro atoms. The van der Waals surface area contributed by atoms with Crippen LogP contribution >= 0.6 is 0 Å². The second kappa shape index (κ2) is 4.18. The van der Waals surface area contributed by atoms with Crippen molar-refractivity contribution < 1.29 is 9.47 Å². The highest BCUT2D eigenvalue weighted by atomic mass is 16.6. The molecule has 0 amide bonds.